The maximum atomic E-state index is 12.9. The normalized spacial score (nSPS) is 10.4. The van der Waals surface area contributed by atoms with E-state index in [2.05, 4.69) is 10.3 Å². The molecule has 0 aliphatic rings. The highest BCUT2D eigenvalue weighted by Crippen LogP contribution is 2.12. The fourth-order valence-electron chi connectivity index (χ4n) is 1.76. The predicted molar refractivity (Wildman–Crippen MR) is 72.1 cm³/mol. The van der Waals surface area contributed by atoms with E-state index < -0.39 is 0 Å². The van der Waals surface area contributed by atoms with Crippen molar-refractivity contribution in [2.45, 2.75) is 6.61 Å². The van der Waals surface area contributed by atoms with Crippen LogP contribution in [0.15, 0.2) is 60.8 Å². The van der Waals surface area contributed by atoms with Gasteiger partial charge >= 0.3 is 0 Å². The van der Waals surface area contributed by atoms with Crippen molar-refractivity contribution in [3.8, 4) is 11.4 Å². The summed E-state index contributed by atoms with van der Waals surface area (Å²) in [5, 5.41) is 8.02. The highest BCUT2D eigenvalue weighted by Gasteiger charge is 2.04. The quantitative estimate of drug-likeness (QED) is 0.731. The van der Waals surface area contributed by atoms with Crippen LogP contribution >= 0.6 is 0 Å². The molecular weight excluding hydrogens is 257 g/mol. The zero-order chi connectivity index (χ0) is 13.8. The van der Waals surface area contributed by atoms with Crippen LogP contribution in [0.3, 0.4) is 0 Å². The second-order valence-corrected chi connectivity index (χ2v) is 4.23. The molecule has 5 heteroatoms. The van der Waals surface area contributed by atoms with E-state index >= 15 is 0 Å². The predicted octanol–water partition coefficient (Wildman–Crippen LogP) is 2.99. The van der Waals surface area contributed by atoms with E-state index in [0.29, 0.717) is 12.3 Å². The number of ether oxygens (including phenoxy) is 1. The molecule has 2 aromatic carbocycles. The van der Waals surface area contributed by atoms with E-state index in [-0.39, 0.29) is 5.82 Å². The Morgan fingerprint density at radius 2 is 1.75 bits per heavy atom. The molecule has 0 bridgehead atoms. The lowest BCUT2D eigenvalue weighted by atomic mass is 10.3. The second kappa shape index (κ2) is 5.52. The number of halogens is 1. The molecular formula is C15H12FN3O. The molecule has 3 aromatic rings. The topological polar surface area (TPSA) is 39.9 Å². The van der Waals surface area contributed by atoms with Gasteiger partial charge in [-0.15, -0.1) is 5.10 Å². The van der Waals surface area contributed by atoms with Gasteiger partial charge in [-0.25, -0.2) is 9.07 Å². The van der Waals surface area contributed by atoms with Gasteiger partial charge in [0.05, 0.1) is 11.9 Å². The third-order valence-electron chi connectivity index (χ3n) is 2.76. The first-order valence-electron chi connectivity index (χ1n) is 6.16. The highest BCUT2D eigenvalue weighted by atomic mass is 19.1. The summed E-state index contributed by atoms with van der Waals surface area (Å²) in [6, 6.07) is 15.6. The summed E-state index contributed by atoms with van der Waals surface area (Å²) >= 11 is 0. The van der Waals surface area contributed by atoms with Gasteiger partial charge in [-0.3, -0.25) is 0 Å². The third-order valence-corrected chi connectivity index (χ3v) is 2.76. The van der Waals surface area contributed by atoms with Gasteiger partial charge in [-0.05, 0) is 36.4 Å². The number of hydrogen-bond donors (Lipinski definition) is 0. The lowest BCUT2D eigenvalue weighted by Crippen LogP contribution is -1.95. The Hall–Kier alpha value is -2.69. The molecule has 0 amide bonds. The van der Waals surface area contributed by atoms with Gasteiger partial charge < -0.3 is 4.74 Å². The number of para-hydroxylation sites is 1. The number of rotatable bonds is 4. The van der Waals surface area contributed by atoms with Gasteiger partial charge in [0.25, 0.3) is 0 Å². The summed E-state index contributed by atoms with van der Waals surface area (Å²) < 4.78 is 20.0. The van der Waals surface area contributed by atoms with Crippen molar-refractivity contribution in [2.24, 2.45) is 0 Å². The monoisotopic (exact) mass is 269 g/mol. The van der Waals surface area contributed by atoms with Crippen LogP contribution in [-0.4, -0.2) is 15.0 Å². The van der Waals surface area contributed by atoms with Gasteiger partial charge in [0.2, 0.25) is 0 Å². The van der Waals surface area contributed by atoms with E-state index in [0.717, 1.165) is 11.4 Å². The highest BCUT2D eigenvalue weighted by molar-refractivity contribution is 5.30. The fourth-order valence-corrected chi connectivity index (χ4v) is 1.76. The summed E-state index contributed by atoms with van der Waals surface area (Å²) in [6.45, 7) is 0.339. The molecule has 0 fully saturated rings. The van der Waals surface area contributed by atoms with Crippen molar-refractivity contribution < 1.29 is 9.13 Å². The lowest BCUT2D eigenvalue weighted by Gasteiger charge is -2.02. The first-order valence-corrected chi connectivity index (χ1v) is 6.16. The molecule has 0 spiro atoms. The molecule has 1 aromatic heterocycles. The van der Waals surface area contributed by atoms with Crippen LogP contribution < -0.4 is 4.74 Å². The molecule has 0 saturated heterocycles. The number of hydrogen-bond acceptors (Lipinski definition) is 3. The molecule has 0 unspecified atom stereocenters. The number of aromatic nitrogens is 3. The third kappa shape index (κ3) is 2.83. The van der Waals surface area contributed by atoms with Crippen LogP contribution in [0.4, 0.5) is 4.39 Å². The van der Waals surface area contributed by atoms with Gasteiger partial charge in [0, 0.05) is 0 Å². The van der Waals surface area contributed by atoms with Crippen molar-refractivity contribution in [1.82, 2.24) is 15.0 Å². The Morgan fingerprint density at radius 1 is 1.00 bits per heavy atom. The largest absolute Gasteiger partial charge is 0.487 e. The first-order chi connectivity index (χ1) is 9.81. The minimum absolute atomic E-state index is 0.276. The lowest BCUT2D eigenvalue weighted by molar-refractivity contribution is 0.301. The Labute approximate surface area is 115 Å². The van der Waals surface area contributed by atoms with Crippen LogP contribution in [0.5, 0.6) is 5.75 Å². The van der Waals surface area contributed by atoms with E-state index in [4.69, 9.17) is 4.74 Å². The van der Waals surface area contributed by atoms with Crippen molar-refractivity contribution in [2.75, 3.05) is 0 Å². The molecule has 0 aliphatic heterocycles. The minimum Gasteiger partial charge on any atom is -0.487 e. The summed E-state index contributed by atoms with van der Waals surface area (Å²) in [5.41, 5.74) is 1.46. The van der Waals surface area contributed by atoms with Crippen LogP contribution in [0.2, 0.25) is 0 Å². The summed E-state index contributed by atoms with van der Waals surface area (Å²) in [6.07, 6.45) is 1.76. The van der Waals surface area contributed by atoms with Gasteiger partial charge in [0.1, 0.15) is 23.9 Å². The molecule has 0 atom stereocenters. The van der Waals surface area contributed by atoms with E-state index in [1.165, 1.54) is 12.1 Å². The standard InChI is InChI=1S/C15H12FN3O/c16-12-6-8-14(9-7-12)19-10-13(17-18-19)11-20-15-4-2-1-3-5-15/h1-10H,11H2. The van der Waals surface area contributed by atoms with Gasteiger partial charge in [-0.1, -0.05) is 23.4 Å². The van der Waals surface area contributed by atoms with Gasteiger partial charge in [0.15, 0.2) is 0 Å². The molecule has 0 saturated carbocycles. The SMILES string of the molecule is Fc1ccc(-n2cc(COc3ccccc3)nn2)cc1. The van der Waals surface area contributed by atoms with Crippen molar-refractivity contribution in [1.29, 1.82) is 0 Å². The molecule has 100 valence electrons. The minimum atomic E-state index is -0.276. The number of nitrogens with zero attached hydrogens (tertiary/aromatic N) is 3. The summed E-state index contributed by atoms with van der Waals surface area (Å²) in [7, 11) is 0. The van der Waals surface area contributed by atoms with Crippen LogP contribution in [0.1, 0.15) is 5.69 Å². The Bertz CT molecular complexity index is 680. The Morgan fingerprint density at radius 3 is 2.50 bits per heavy atom. The van der Waals surface area contributed by atoms with Gasteiger partial charge in [-0.2, -0.15) is 0 Å². The smallest absolute Gasteiger partial charge is 0.134 e. The first kappa shape index (κ1) is 12.3. The summed E-state index contributed by atoms with van der Waals surface area (Å²) in [5.74, 6) is 0.505. The average molecular weight is 269 g/mol. The van der Waals surface area contributed by atoms with E-state index in [1.54, 1.807) is 23.0 Å². The molecule has 0 radical (unpaired) electrons. The Balaban J connectivity index is 1.69. The summed E-state index contributed by atoms with van der Waals surface area (Å²) in [4.78, 5) is 0. The molecule has 3 rings (SSSR count). The average Bonchev–Trinajstić information content (AvgIpc) is 2.96. The maximum absolute atomic E-state index is 12.9. The van der Waals surface area contributed by atoms with Crippen molar-refractivity contribution >= 4 is 0 Å². The molecule has 20 heavy (non-hydrogen) atoms. The van der Waals surface area contributed by atoms with E-state index in [9.17, 15) is 4.39 Å². The van der Waals surface area contributed by atoms with Crippen molar-refractivity contribution in [3.63, 3.8) is 0 Å². The van der Waals surface area contributed by atoms with Crippen molar-refractivity contribution in [3.05, 3.63) is 72.3 Å². The Kier molecular flexibility index (Phi) is 3.41. The van der Waals surface area contributed by atoms with E-state index in [1.807, 2.05) is 30.3 Å². The fraction of sp³-hybridized carbons (Fsp3) is 0.0667. The van der Waals surface area contributed by atoms with Crippen LogP contribution in [0.25, 0.3) is 5.69 Å². The number of benzene rings is 2. The zero-order valence-corrected chi connectivity index (χ0v) is 10.6. The zero-order valence-electron chi connectivity index (χ0n) is 10.6. The maximum Gasteiger partial charge on any atom is 0.134 e. The molecule has 4 nitrogen and oxygen atoms in total. The molecule has 1 heterocycles. The molecule has 0 aliphatic carbocycles. The molecule has 0 N–H and O–H groups in total. The second-order valence-electron chi connectivity index (χ2n) is 4.23. The van der Waals surface area contributed by atoms with Crippen LogP contribution in [-0.2, 0) is 6.61 Å². The van der Waals surface area contributed by atoms with Crippen LogP contribution in [0, 0.1) is 5.82 Å².